The second-order valence-corrected chi connectivity index (χ2v) is 4.59. The van der Waals surface area contributed by atoms with Gasteiger partial charge >= 0.3 is 0 Å². The number of carbonyl (C=O) groups is 1. The maximum atomic E-state index is 11.0. The molecule has 1 fully saturated rings. The van der Waals surface area contributed by atoms with Gasteiger partial charge in [-0.05, 0) is 11.3 Å². The van der Waals surface area contributed by atoms with Crippen LogP contribution in [0.25, 0.3) is 0 Å². The molecule has 11 heavy (non-hydrogen) atoms. The van der Waals surface area contributed by atoms with Crippen molar-refractivity contribution < 1.29 is 4.79 Å². The lowest BCUT2D eigenvalue weighted by Gasteiger charge is -2.29. The van der Waals surface area contributed by atoms with E-state index in [-0.39, 0.29) is 11.3 Å². The molecule has 64 valence electrons. The zero-order chi connectivity index (χ0) is 8.65. The molecule has 2 heteroatoms. The number of hydrogen-bond acceptors (Lipinski definition) is 1. The van der Waals surface area contributed by atoms with E-state index in [1.807, 2.05) is 0 Å². The largest absolute Gasteiger partial charge is 0.353 e. The molecule has 0 radical (unpaired) electrons. The first kappa shape index (κ1) is 8.57. The summed E-state index contributed by atoms with van der Waals surface area (Å²) in [5.74, 6) is 0.694. The summed E-state index contributed by atoms with van der Waals surface area (Å²) in [6, 6.07) is 0.356. The molecule has 0 aliphatic carbocycles. The lowest BCUT2D eigenvalue weighted by molar-refractivity contribution is -0.119. The third-order valence-electron chi connectivity index (χ3n) is 2.33. The molecule has 0 saturated carbocycles. The molecule has 2 unspecified atom stereocenters. The predicted molar refractivity (Wildman–Crippen MR) is 45.2 cm³/mol. The molecule has 1 saturated heterocycles. The molecule has 1 rings (SSSR count). The summed E-state index contributed by atoms with van der Waals surface area (Å²) in [5.41, 5.74) is 0.200. The highest BCUT2D eigenvalue weighted by atomic mass is 16.2. The van der Waals surface area contributed by atoms with Crippen molar-refractivity contribution in [2.75, 3.05) is 0 Å². The Morgan fingerprint density at radius 1 is 1.45 bits per heavy atom. The van der Waals surface area contributed by atoms with Crippen LogP contribution in [0.4, 0.5) is 0 Å². The van der Waals surface area contributed by atoms with Gasteiger partial charge in [0.25, 0.3) is 0 Å². The van der Waals surface area contributed by atoms with E-state index in [4.69, 9.17) is 0 Å². The Balaban J connectivity index is 2.67. The fourth-order valence-electron chi connectivity index (χ4n) is 1.85. The lowest BCUT2D eigenvalue weighted by atomic mass is 9.81. The second-order valence-electron chi connectivity index (χ2n) is 4.59. The van der Waals surface area contributed by atoms with Crippen molar-refractivity contribution in [3.05, 3.63) is 0 Å². The Bertz CT molecular complexity index is 169. The third kappa shape index (κ3) is 1.73. The molecular weight excluding hydrogens is 138 g/mol. The van der Waals surface area contributed by atoms with Crippen molar-refractivity contribution in [1.29, 1.82) is 0 Å². The van der Waals surface area contributed by atoms with Gasteiger partial charge in [0.2, 0.25) is 5.91 Å². The summed E-state index contributed by atoms with van der Waals surface area (Å²) in [6.45, 7) is 8.63. The van der Waals surface area contributed by atoms with E-state index in [0.29, 0.717) is 18.4 Å². The van der Waals surface area contributed by atoms with Gasteiger partial charge in [0.15, 0.2) is 0 Å². The molecule has 0 bridgehead atoms. The van der Waals surface area contributed by atoms with Crippen molar-refractivity contribution in [2.45, 2.75) is 40.2 Å². The molecular formula is C9H17NO. The first-order valence-corrected chi connectivity index (χ1v) is 4.20. The van der Waals surface area contributed by atoms with Crippen molar-refractivity contribution >= 4 is 5.91 Å². The summed E-state index contributed by atoms with van der Waals surface area (Å²) in [6.07, 6.45) is 0.696. The van der Waals surface area contributed by atoms with Crippen LogP contribution in [0.15, 0.2) is 0 Å². The van der Waals surface area contributed by atoms with Crippen LogP contribution in [-0.4, -0.2) is 11.9 Å². The van der Waals surface area contributed by atoms with E-state index in [9.17, 15) is 4.79 Å². The van der Waals surface area contributed by atoms with Crippen molar-refractivity contribution in [2.24, 2.45) is 11.3 Å². The molecule has 0 aromatic rings. The minimum absolute atomic E-state index is 0.200. The molecule has 1 N–H and O–H groups in total. The van der Waals surface area contributed by atoms with E-state index in [0.717, 1.165) is 0 Å². The SMILES string of the molecule is CC1CC(=O)NC1C(C)(C)C. The number of hydrogen-bond donors (Lipinski definition) is 1. The van der Waals surface area contributed by atoms with Crippen LogP contribution in [-0.2, 0) is 4.79 Å². The minimum Gasteiger partial charge on any atom is -0.353 e. The number of carbonyl (C=O) groups excluding carboxylic acids is 1. The van der Waals surface area contributed by atoms with Crippen molar-refractivity contribution in [3.63, 3.8) is 0 Å². The van der Waals surface area contributed by atoms with Crippen LogP contribution < -0.4 is 5.32 Å². The van der Waals surface area contributed by atoms with Crippen LogP contribution >= 0.6 is 0 Å². The molecule has 0 aromatic heterocycles. The Hall–Kier alpha value is -0.530. The summed E-state index contributed by atoms with van der Waals surface area (Å²) in [4.78, 5) is 11.0. The van der Waals surface area contributed by atoms with E-state index in [1.54, 1.807) is 0 Å². The number of rotatable bonds is 0. The van der Waals surface area contributed by atoms with Crippen LogP contribution in [0.2, 0.25) is 0 Å². The van der Waals surface area contributed by atoms with Crippen LogP contribution in [0.1, 0.15) is 34.1 Å². The molecule has 1 amide bonds. The minimum atomic E-state index is 0.200. The average Bonchev–Trinajstić information content (AvgIpc) is 2.08. The van der Waals surface area contributed by atoms with Gasteiger partial charge in [0.05, 0.1) is 0 Å². The summed E-state index contributed by atoms with van der Waals surface area (Å²) < 4.78 is 0. The Morgan fingerprint density at radius 3 is 2.18 bits per heavy atom. The van der Waals surface area contributed by atoms with E-state index >= 15 is 0 Å². The highest BCUT2D eigenvalue weighted by molar-refractivity contribution is 5.79. The standard InChI is InChI=1S/C9H17NO/c1-6-5-7(11)10-8(6)9(2,3)4/h6,8H,5H2,1-4H3,(H,10,11). The zero-order valence-corrected chi connectivity index (χ0v) is 7.77. The normalized spacial score (nSPS) is 32.2. The van der Waals surface area contributed by atoms with Gasteiger partial charge in [-0.25, -0.2) is 0 Å². The summed E-state index contributed by atoms with van der Waals surface area (Å²) in [7, 11) is 0. The van der Waals surface area contributed by atoms with Gasteiger partial charge in [0.1, 0.15) is 0 Å². The van der Waals surface area contributed by atoms with Gasteiger partial charge in [0, 0.05) is 12.5 Å². The highest BCUT2D eigenvalue weighted by Gasteiger charge is 2.36. The number of amides is 1. The highest BCUT2D eigenvalue weighted by Crippen LogP contribution is 2.30. The van der Waals surface area contributed by atoms with Crippen LogP contribution in [0.3, 0.4) is 0 Å². The topological polar surface area (TPSA) is 29.1 Å². The summed E-state index contributed by atoms with van der Waals surface area (Å²) >= 11 is 0. The monoisotopic (exact) mass is 155 g/mol. The lowest BCUT2D eigenvalue weighted by Crippen LogP contribution is -2.39. The second kappa shape index (κ2) is 2.50. The Kier molecular flexibility index (Phi) is 1.95. The zero-order valence-electron chi connectivity index (χ0n) is 7.77. The fourth-order valence-corrected chi connectivity index (χ4v) is 1.85. The van der Waals surface area contributed by atoms with E-state index in [2.05, 4.69) is 33.0 Å². The fraction of sp³-hybridized carbons (Fsp3) is 0.889. The van der Waals surface area contributed by atoms with Crippen molar-refractivity contribution in [1.82, 2.24) is 5.32 Å². The smallest absolute Gasteiger partial charge is 0.220 e. The first-order chi connectivity index (χ1) is 4.91. The third-order valence-corrected chi connectivity index (χ3v) is 2.33. The molecule has 2 atom stereocenters. The molecule has 2 nitrogen and oxygen atoms in total. The maximum Gasteiger partial charge on any atom is 0.220 e. The molecule has 0 spiro atoms. The molecule has 1 aliphatic heterocycles. The van der Waals surface area contributed by atoms with E-state index in [1.165, 1.54) is 0 Å². The predicted octanol–water partition coefficient (Wildman–Crippen LogP) is 1.56. The van der Waals surface area contributed by atoms with Crippen LogP contribution in [0.5, 0.6) is 0 Å². The van der Waals surface area contributed by atoms with Gasteiger partial charge in [-0.2, -0.15) is 0 Å². The van der Waals surface area contributed by atoms with Gasteiger partial charge in [-0.1, -0.05) is 27.7 Å². The maximum absolute atomic E-state index is 11.0. The number of nitrogens with one attached hydrogen (secondary N) is 1. The van der Waals surface area contributed by atoms with Gasteiger partial charge in [-0.3, -0.25) is 4.79 Å². The quantitative estimate of drug-likeness (QED) is 0.565. The average molecular weight is 155 g/mol. The Labute approximate surface area is 68.4 Å². The van der Waals surface area contributed by atoms with Crippen molar-refractivity contribution in [3.8, 4) is 0 Å². The molecule has 1 heterocycles. The van der Waals surface area contributed by atoms with Gasteiger partial charge < -0.3 is 5.32 Å². The van der Waals surface area contributed by atoms with E-state index < -0.39 is 0 Å². The molecule has 1 aliphatic rings. The molecule has 0 aromatic carbocycles. The Morgan fingerprint density at radius 2 is 2.00 bits per heavy atom. The summed E-state index contributed by atoms with van der Waals surface area (Å²) in [5, 5.41) is 3.00. The van der Waals surface area contributed by atoms with Crippen LogP contribution in [0, 0.1) is 11.3 Å². The first-order valence-electron chi connectivity index (χ1n) is 4.20. The van der Waals surface area contributed by atoms with Gasteiger partial charge in [-0.15, -0.1) is 0 Å².